The summed E-state index contributed by atoms with van der Waals surface area (Å²) < 4.78 is 70.7. The Kier molecular flexibility index (Phi) is 4.67. The number of fused-ring (bicyclic) bond motifs is 6. The molecule has 7 heteroatoms. The maximum absolute atomic E-state index is 14.0. The van der Waals surface area contributed by atoms with E-state index in [9.17, 15) is 22.0 Å². The molecule has 6 rings (SSSR count). The van der Waals surface area contributed by atoms with Crippen LogP contribution in [0.4, 0.5) is 22.0 Å². The fraction of sp³-hybridized carbons (Fsp3) is 0.0769. The zero-order valence-electron chi connectivity index (χ0n) is 16.8. The molecule has 0 N–H and O–H groups in total. The number of aryl methyl sites for hydroxylation is 1. The van der Waals surface area contributed by atoms with Crippen molar-refractivity contribution in [2.24, 2.45) is 0 Å². The molecule has 0 amide bonds. The molecule has 0 radical (unpaired) electrons. The Morgan fingerprint density at radius 3 is 1.82 bits per heavy atom. The fourth-order valence-electron chi connectivity index (χ4n) is 4.36. The van der Waals surface area contributed by atoms with Crippen LogP contribution in [0.2, 0.25) is 0 Å². The molecule has 6 aromatic rings. The molecule has 0 aliphatic rings. The average molecular weight is 485 g/mol. The maximum atomic E-state index is 14.0. The maximum Gasteiger partial charge on any atom is 0.200 e. The second kappa shape index (κ2) is 7.50. The van der Waals surface area contributed by atoms with Gasteiger partial charge in [-0.05, 0) is 64.0 Å². The van der Waals surface area contributed by atoms with E-state index in [1.54, 1.807) is 11.3 Å². The second-order valence-corrected chi connectivity index (χ2v) is 10.00. The van der Waals surface area contributed by atoms with Crippen molar-refractivity contribution in [1.29, 1.82) is 0 Å². The average Bonchev–Trinajstić information content (AvgIpc) is 3.47. The van der Waals surface area contributed by atoms with Crippen molar-refractivity contribution in [2.75, 3.05) is 0 Å². The number of halogens is 5. The molecule has 0 atom stereocenters. The van der Waals surface area contributed by atoms with Crippen molar-refractivity contribution in [3.63, 3.8) is 0 Å². The summed E-state index contributed by atoms with van der Waals surface area (Å²) in [4.78, 5) is 0.815. The predicted octanol–water partition coefficient (Wildman–Crippen LogP) is 8.90. The highest BCUT2D eigenvalue weighted by molar-refractivity contribution is 7.20. The molecule has 0 saturated carbocycles. The highest BCUT2D eigenvalue weighted by Crippen LogP contribution is 2.38. The molecular weight excluding hydrogens is 471 g/mol. The molecule has 0 aliphatic heterocycles. The Morgan fingerprint density at radius 1 is 0.545 bits per heavy atom. The summed E-state index contributed by atoms with van der Waals surface area (Å²) in [6.07, 6.45) is -0.113. The molecule has 0 nitrogen and oxygen atoms in total. The number of benzene rings is 4. The summed E-state index contributed by atoms with van der Waals surface area (Å²) in [6.45, 7) is 0. The van der Waals surface area contributed by atoms with Gasteiger partial charge in [0.25, 0.3) is 0 Å². The van der Waals surface area contributed by atoms with Gasteiger partial charge in [0, 0.05) is 30.6 Å². The first-order chi connectivity index (χ1) is 15.9. The summed E-state index contributed by atoms with van der Waals surface area (Å²) in [5.74, 6) is -9.46. The van der Waals surface area contributed by atoms with Gasteiger partial charge >= 0.3 is 0 Å². The molecule has 2 heterocycles. The first-order valence-corrected chi connectivity index (χ1v) is 11.9. The van der Waals surface area contributed by atoms with Crippen LogP contribution in [0, 0.1) is 29.1 Å². The molecule has 33 heavy (non-hydrogen) atoms. The van der Waals surface area contributed by atoms with E-state index in [0.29, 0.717) is 0 Å². The monoisotopic (exact) mass is 484 g/mol. The Labute approximate surface area is 192 Å². The lowest BCUT2D eigenvalue weighted by molar-refractivity contribution is 0.370. The van der Waals surface area contributed by atoms with Gasteiger partial charge in [0.15, 0.2) is 23.3 Å². The summed E-state index contributed by atoms with van der Waals surface area (Å²) >= 11 is 3.19. The van der Waals surface area contributed by atoms with Crippen molar-refractivity contribution < 1.29 is 22.0 Å². The Morgan fingerprint density at radius 2 is 1.12 bits per heavy atom. The van der Waals surface area contributed by atoms with E-state index >= 15 is 0 Å². The second-order valence-electron chi connectivity index (χ2n) is 7.94. The van der Waals surface area contributed by atoms with Gasteiger partial charge in [-0.2, -0.15) is 0 Å². The van der Waals surface area contributed by atoms with E-state index in [2.05, 4.69) is 35.7 Å². The standard InChI is InChI=1S/C26H13F5S2/c27-20-17(21(28)23(30)24(31)22(20)29)6-5-16-9-15-4-3-14-10-18-13(11-19(14)26(15)33-16)2-1-12-7-8-32-25(12)18/h1-4,7-11H,5-6H2. The minimum atomic E-state index is -2.13. The molecule has 2 aromatic heterocycles. The van der Waals surface area contributed by atoms with E-state index in [1.165, 1.54) is 26.8 Å². The third-order valence-corrected chi connectivity index (χ3v) is 8.23. The van der Waals surface area contributed by atoms with Crippen LogP contribution in [0.25, 0.3) is 41.7 Å². The SMILES string of the molecule is Fc1c(F)c(F)c(CCc2cc3ccc4cc5c(ccc6ccsc65)cc4c3s2)c(F)c1F. The van der Waals surface area contributed by atoms with Gasteiger partial charge in [0.2, 0.25) is 5.82 Å². The van der Waals surface area contributed by atoms with E-state index < -0.39 is 34.6 Å². The lowest BCUT2D eigenvalue weighted by Crippen LogP contribution is -2.08. The number of hydrogen-bond acceptors (Lipinski definition) is 2. The third kappa shape index (κ3) is 3.14. The minimum Gasteiger partial charge on any atom is -0.203 e. The largest absolute Gasteiger partial charge is 0.203 e. The van der Waals surface area contributed by atoms with Gasteiger partial charge in [0.1, 0.15) is 0 Å². The first kappa shape index (κ1) is 20.6. The smallest absolute Gasteiger partial charge is 0.200 e. The van der Waals surface area contributed by atoms with E-state index in [0.717, 1.165) is 31.1 Å². The Bertz CT molecular complexity index is 1700. The molecule has 4 aromatic carbocycles. The van der Waals surface area contributed by atoms with Crippen molar-refractivity contribution in [3.8, 4) is 0 Å². The summed E-state index contributed by atoms with van der Waals surface area (Å²) in [5.41, 5.74) is -0.778. The van der Waals surface area contributed by atoms with E-state index in [4.69, 9.17) is 0 Å². The normalized spacial score (nSPS) is 12.0. The molecule has 0 aliphatic carbocycles. The zero-order chi connectivity index (χ0) is 22.9. The van der Waals surface area contributed by atoms with Crippen LogP contribution >= 0.6 is 22.7 Å². The van der Waals surface area contributed by atoms with E-state index in [-0.39, 0.29) is 12.8 Å². The van der Waals surface area contributed by atoms with Crippen molar-refractivity contribution in [1.82, 2.24) is 0 Å². The van der Waals surface area contributed by atoms with Crippen LogP contribution < -0.4 is 0 Å². The van der Waals surface area contributed by atoms with Crippen molar-refractivity contribution in [3.05, 3.63) is 93.4 Å². The number of rotatable bonds is 3. The van der Waals surface area contributed by atoms with Gasteiger partial charge in [-0.15, -0.1) is 22.7 Å². The fourth-order valence-corrected chi connectivity index (χ4v) is 6.48. The Balaban J connectivity index is 1.42. The van der Waals surface area contributed by atoms with Crippen LogP contribution in [0.5, 0.6) is 0 Å². The number of hydrogen-bond donors (Lipinski definition) is 0. The quantitative estimate of drug-likeness (QED) is 0.102. The van der Waals surface area contributed by atoms with Crippen molar-refractivity contribution >= 4 is 64.4 Å². The van der Waals surface area contributed by atoms with Crippen LogP contribution in [0.3, 0.4) is 0 Å². The number of thiophene rings is 2. The van der Waals surface area contributed by atoms with Gasteiger partial charge in [-0.1, -0.05) is 24.3 Å². The minimum absolute atomic E-state index is 0.169. The van der Waals surface area contributed by atoms with Crippen LogP contribution in [-0.2, 0) is 12.8 Å². The highest BCUT2D eigenvalue weighted by Gasteiger charge is 2.25. The zero-order valence-corrected chi connectivity index (χ0v) is 18.4. The molecule has 164 valence electrons. The molecule has 0 unspecified atom stereocenters. The molecular formula is C26H13F5S2. The van der Waals surface area contributed by atoms with Crippen LogP contribution in [0.1, 0.15) is 10.4 Å². The van der Waals surface area contributed by atoms with Gasteiger partial charge < -0.3 is 0 Å². The summed E-state index contributed by atoms with van der Waals surface area (Å²) in [6, 6.07) is 16.6. The summed E-state index contributed by atoms with van der Waals surface area (Å²) in [7, 11) is 0. The molecule has 0 spiro atoms. The van der Waals surface area contributed by atoms with Crippen LogP contribution in [-0.4, -0.2) is 0 Å². The van der Waals surface area contributed by atoms with Gasteiger partial charge in [-0.25, -0.2) is 22.0 Å². The van der Waals surface area contributed by atoms with Gasteiger partial charge in [0.05, 0.1) is 0 Å². The first-order valence-electron chi connectivity index (χ1n) is 10.2. The van der Waals surface area contributed by atoms with Crippen LogP contribution in [0.15, 0.2) is 53.9 Å². The summed E-state index contributed by atoms with van der Waals surface area (Å²) in [5, 5.41) is 8.75. The lowest BCUT2D eigenvalue weighted by Gasteiger charge is -2.07. The Hall–Kier alpha value is -3.03. The molecule has 0 fully saturated rings. The predicted molar refractivity (Wildman–Crippen MR) is 126 cm³/mol. The van der Waals surface area contributed by atoms with E-state index in [1.807, 2.05) is 18.2 Å². The van der Waals surface area contributed by atoms with Gasteiger partial charge in [-0.3, -0.25) is 0 Å². The van der Waals surface area contributed by atoms with Crippen molar-refractivity contribution in [2.45, 2.75) is 12.8 Å². The highest BCUT2D eigenvalue weighted by atomic mass is 32.1. The lowest BCUT2D eigenvalue weighted by atomic mass is 10.0. The topological polar surface area (TPSA) is 0 Å². The molecule has 0 bridgehead atoms. The third-order valence-electron chi connectivity index (χ3n) is 6.03. The molecule has 0 saturated heterocycles.